The molecule has 0 radical (unpaired) electrons. The molecule has 0 aromatic heterocycles. The molecule has 2 heterocycles. The van der Waals surface area contributed by atoms with Gasteiger partial charge in [0, 0.05) is 13.0 Å². The number of nitrogens with zero attached hydrogens (tertiary/aromatic N) is 1. The number of hydrogen-bond donors (Lipinski definition) is 6. The average Bonchev–Trinajstić information content (AvgIpc) is 3.49. The summed E-state index contributed by atoms with van der Waals surface area (Å²) in [6.07, 6.45) is 1.54. The van der Waals surface area contributed by atoms with Crippen LogP contribution in [0, 0.1) is 11.8 Å². The summed E-state index contributed by atoms with van der Waals surface area (Å²) in [5, 5.41) is 23.2. The molecule has 43 heavy (non-hydrogen) atoms. The highest BCUT2D eigenvalue weighted by Crippen LogP contribution is 2.21. The smallest absolute Gasteiger partial charge is 0.246 e. The zero-order valence-electron chi connectivity index (χ0n) is 25.2. The Hall–Kier alpha value is -4.00. The molecule has 6 N–H and O–H groups in total. The van der Waals surface area contributed by atoms with Gasteiger partial charge in [0.25, 0.3) is 0 Å². The number of carbonyl (C=O) groups is 6. The Kier molecular flexibility index (Phi) is 12.0. The van der Waals surface area contributed by atoms with E-state index in [-0.39, 0.29) is 18.3 Å². The fourth-order valence-corrected chi connectivity index (χ4v) is 5.25. The van der Waals surface area contributed by atoms with Gasteiger partial charge in [0.05, 0.1) is 13.2 Å². The van der Waals surface area contributed by atoms with E-state index in [1.807, 2.05) is 6.92 Å². The van der Waals surface area contributed by atoms with Crippen molar-refractivity contribution in [3.05, 3.63) is 35.9 Å². The van der Waals surface area contributed by atoms with E-state index in [2.05, 4.69) is 26.6 Å². The molecule has 1 aromatic rings. The molecule has 13 heteroatoms. The minimum Gasteiger partial charge on any atom is -0.394 e. The largest absolute Gasteiger partial charge is 0.394 e. The Morgan fingerprint density at radius 2 is 1.49 bits per heavy atom. The van der Waals surface area contributed by atoms with Gasteiger partial charge < -0.3 is 36.6 Å². The van der Waals surface area contributed by atoms with Crippen molar-refractivity contribution in [2.24, 2.45) is 11.8 Å². The molecule has 2 aliphatic rings. The summed E-state index contributed by atoms with van der Waals surface area (Å²) in [6.45, 7) is 6.22. The second-order valence-corrected chi connectivity index (χ2v) is 11.6. The summed E-state index contributed by atoms with van der Waals surface area (Å²) in [4.78, 5) is 81.3. The van der Waals surface area contributed by atoms with E-state index in [9.17, 15) is 33.9 Å². The number of hydrogen-bond acceptors (Lipinski definition) is 7. The van der Waals surface area contributed by atoms with Gasteiger partial charge in [0.15, 0.2) is 0 Å². The van der Waals surface area contributed by atoms with Crippen LogP contribution in [0.3, 0.4) is 0 Å². The molecule has 0 bridgehead atoms. The van der Waals surface area contributed by atoms with Crippen LogP contribution < -0.4 is 26.6 Å². The lowest BCUT2D eigenvalue weighted by atomic mass is 9.96. The van der Waals surface area contributed by atoms with Crippen LogP contribution in [0.1, 0.15) is 52.5 Å². The molecule has 6 amide bonds. The first kappa shape index (κ1) is 33.5. The summed E-state index contributed by atoms with van der Waals surface area (Å²) >= 11 is 0. The normalized spacial score (nSPS) is 27.2. The van der Waals surface area contributed by atoms with Crippen molar-refractivity contribution in [2.75, 3.05) is 19.7 Å². The Labute approximate surface area is 251 Å². The highest BCUT2D eigenvalue weighted by Gasteiger charge is 2.40. The Bertz CT molecular complexity index is 1180. The standard InChI is InChI=1S/C30H44N6O7/c1-5-18(4)25-30(43)36-13-9-12-22(36)28(41)31-15-23(38)34-24(17(2)3)29(42)32-20(14-19-10-7-6-8-11-19)26(39)33-21(16-37)27(40)35-25/h6-8,10-11,17-18,20-22,24-25,37H,5,9,12-16H2,1-4H3,(H,31,41)(H,32,42)(H,33,39)(H,34,38)(H,35,40). The lowest BCUT2D eigenvalue weighted by Gasteiger charge is -2.32. The number of amides is 6. The molecule has 3 rings (SSSR count). The van der Waals surface area contributed by atoms with Gasteiger partial charge in [-0.25, -0.2) is 0 Å². The minimum atomic E-state index is -1.42. The molecular formula is C30H44N6O7. The van der Waals surface area contributed by atoms with Crippen LogP contribution >= 0.6 is 0 Å². The molecule has 2 fully saturated rings. The first-order valence-corrected chi connectivity index (χ1v) is 14.9. The molecule has 2 saturated heterocycles. The number of carbonyl (C=O) groups excluding carboxylic acids is 6. The van der Waals surface area contributed by atoms with E-state index < -0.39 is 78.8 Å². The van der Waals surface area contributed by atoms with E-state index in [1.165, 1.54) is 4.90 Å². The van der Waals surface area contributed by atoms with Gasteiger partial charge in [-0.2, -0.15) is 0 Å². The fraction of sp³-hybridized carbons (Fsp3) is 0.600. The molecule has 2 aliphatic heterocycles. The maximum atomic E-state index is 13.7. The van der Waals surface area contributed by atoms with Crippen molar-refractivity contribution in [1.29, 1.82) is 0 Å². The summed E-state index contributed by atoms with van der Waals surface area (Å²) in [5.41, 5.74) is 0.727. The van der Waals surface area contributed by atoms with Crippen LogP contribution in [0.4, 0.5) is 0 Å². The molecule has 13 nitrogen and oxygen atoms in total. The zero-order valence-corrected chi connectivity index (χ0v) is 25.2. The zero-order chi connectivity index (χ0) is 31.7. The van der Waals surface area contributed by atoms with Gasteiger partial charge in [0.1, 0.15) is 30.2 Å². The third-order valence-corrected chi connectivity index (χ3v) is 8.04. The van der Waals surface area contributed by atoms with Gasteiger partial charge in [-0.05, 0) is 30.2 Å². The van der Waals surface area contributed by atoms with Crippen LogP contribution in [-0.4, -0.2) is 95.4 Å². The average molecular weight is 601 g/mol. The summed E-state index contributed by atoms with van der Waals surface area (Å²) in [6, 6.07) is 3.45. The van der Waals surface area contributed by atoms with Gasteiger partial charge in [-0.1, -0.05) is 64.4 Å². The number of benzene rings is 1. The second kappa shape index (κ2) is 15.5. The first-order chi connectivity index (χ1) is 20.5. The van der Waals surface area contributed by atoms with E-state index >= 15 is 0 Å². The number of nitrogens with one attached hydrogen (secondary N) is 5. The van der Waals surface area contributed by atoms with Crippen molar-refractivity contribution >= 4 is 35.4 Å². The molecule has 0 spiro atoms. The van der Waals surface area contributed by atoms with E-state index in [1.54, 1.807) is 51.1 Å². The molecule has 0 aliphatic carbocycles. The minimum absolute atomic E-state index is 0.0668. The van der Waals surface area contributed by atoms with Crippen molar-refractivity contribution in [3.8, 4) is 0 Å². The summed E-state index contributed by atoms with van der Waals surface area (Å²) in [7, 11) is 0. The molecule has 6 unspecified atom stereocenters. The third-order valence-electron chi connectivity index (χ3n) is 8.04. The van der Waals surface area contributed by atoms with Crippen molar-refractivity contribution in [2.45, 2.75) is 83.6 Å². The molecule has 0 saturated carbocycles. The molecule has 6 atom stereocenters. The van der Waals surface area contributed by atoms with E-state index in [0.717, 1.165) is 5.56 Å². The van der Waals surface area contributed by atoms with Crippen molar-refractivity contribution in [3.63, 3.8) is 0 Å². The Morgan fingerprint density at radius 3 is 2.12 bits per heavy atom. The van der Waals surface area contributed by atoms with Crippen molar-refractivity contribution in [1.82, 2.24) is 31.5 Å². The van der Waals surface area contributed by atoms with Crippen molar-refractivity contribution < 1.29 is 33.9 Å². The number of fused-ring (bicyclic) bond motifs is 1. The summed E-state index contributed by atoms with van der Waals surface area (Å²) in [5.74, 6) is -4.39. The highest BCUT2D eigenvalue weighted by molar-refractivity contribution is 5.98. The van der Waals surface area contributed by atoms with E-state index in [4.69, 9.17) is 0 Å². The topological polar surface area (TPSA) is 186 Å². The predicted octanol–water partition coefficient (Wildman–Crippen LogP) is -1.02. The van der Waals surface area contributed by atoms with Gasteiger partial charge >= 0.3 is 0 Å². The monoisotopic (exact) mass is 600 g/mol. The number of aliphatic hydroxyl groups excluding tert-OH is 1. The van der Waals surface area contributed by atoms with Gasteiger partial charge in [-0.3, -0.25) is 28.8 Å². The maximum Gasteiger partial charge on any atom is 0.246 e. The predicted molar refractivity (Wildman–Crippen MR) is 157 cm³/mol. The fourth-order valence-electron chi connectivity index (χ4n) is 5.25. The Morgan fingerprint density at radius 1 is 0.837 bits per heavy atom. The maximum absolute atomic E-state index is 13.7. The summed E-state index contributed by atoms with van der Waals surface area (Å²) < 4.78 is 0. The first-order valence-electron chi connectivity index (χ1n) is 14.9. The van der Waals surface area contributed by atoms with Crippen LogP contribution in [0.25, 0.3) is 0 Å². The van der Waals surface area contributed by atoms with Crippen LogP contribution in [0.5, 0.6) is 0 Å². The second-order valence-electron chi connectivity index (χ2n) is 11.6. The number of aliphatic hydroxyl groups is 1. The number of rotatable bonds is 6. The molecule has 1 aromatic carbocycles. The van der Waals surface area contributed by atoms with Crippen LogP contribution in [-0.2, 0) is 35.2 Å². The lowest BCUT2D eigenvalue weighted by Crippen LogP contribution is -2.62. The Balaban J connectivity index is 1.98. The SMILES string of the molecule is CCC(C)C1NC(=O)C(CO)NC(=O)C(Cc2ccccc2)NC(=O)C(C(C)C)NC(=O)CNC(=O)C2CCCN2C1=O. The van der Waals surface area contributed by atoms with Crippen LogP contribution in [0.2, 0.25) is 0 Å². The van der Waals surface area contributed by atoms with E-state index in [0.29, 0.717) is 25.8 Å². The van der Waals surface area contributed by atoms with Crippen LogP contribution in [0.15, 0.2) is 30.3 Å². The third kappa shape index (κ3) is 8.76. The van der Waals surface area contributed by atoms with Gasteiger partial charge in [-0.15, -0.1) is 0 Å². The van der Waals surface area contributed by atoms with Gasteiger partial charge in [0.2, 0.25) is 35.4 Å². The lowest BCUT2D eigenvalue weighted by molar-refractivity contribution is -0.143. The quantitative estimate of drug-likeness (QED) is 0.241. The highest BCUT2D eigenvalue weighted by atomic mass is 16.3. The molecule has 236 valence electrons. The molecular weight excluding hydrogens is 556 g/mol.